The van der Waals surface area contributed by atoms with E-state index in [-0.39, 0.29) is 22.9 Å². The van der Waals surface area contributed by atoms with Gasteiger partial charge in [0.2, 0.25) is 5.91 Å². The third kappa shape index (κ3) is 5.76. The number of fused-ring (bicyclic) bond motifs is 1. The van der Waals surface area contributed by atoms with E-state index in [1.807, 2.05) is 12.3 Å². The van der Waals surface area contributed by atoms with Gasteiger partial charge in [0, 0.05) is 24.7 Å². The second-order valence-corrected chi connectivity index (χ2v) is 10.7. The highest BCUT2D eigenvalue weighted by Crippen LogP contribution is 2.37. The van der Waals surface area contributed by atoms with Crippen LogP contribution in [-0.4, -0.2) is 28.7 Å². The molecule has 0 saturated carbocycles. The largest absolute Gasteiger partial charge is 0.353 e. The molecule has 0 bridgehead atoms. The van der Waals surface area contributed by atoms with E-state index in [9.17, 15) is 4.79 Å². The number of H-pyrrole nitrogens is 1. The van der Waals surface area contributed by atoms with E-state index in [1.54, 1.807) is 6.92 Å². The summed E-state index contributed by atoms with van der Waals surface area (Å²) < 4.78 is 0. The van der Waals surface area contributed by atoms with Crippen LogP contribution in [0.2, 0.25) is 0 Å². The lowest BCUT2D eigenvalue weighted by Crippen LogP contribution is -2.48. The molecule has 0 aliphatic heterocycles. The van der Waals surface area contributed by atoms with Crippen molar-refractivity contribution >= 4 is 5.91 Å². The molecule has 1 aliphatic rings. The predicted molar refractivity (Wildman–Crippen MR) is 138 cm³/mol. The summed E-state index contributed by atoms with van der Waals surface area (Å²) in [6.07, 6.45) is 6.62. The van der Waals surface area contributed by atoms with Crippen molar-refractivity contribution in [1.29, 1.82) is 0 Å². The Hall–Kier alpha value is -2.92. The molecule has 1 aromatic heterocycles. The molecule has 2 aromatic carbocycles. The Balaban J connectivity index is 1.55. The minimum Gasteiger partial charge on any atom is -0.353 e. The summed E-state index contributed by atoms with van der Waals surface area (Å²) in [4.78, 5) is 11.9. The maximum absolute atomic E-state index is 11.9. The molecule has 2 atom stereocenters. The van der Waals surface area contributed by atoms with Crippen LogP contribution in [0.15, 0.2) is 60.8 Å². The molecule has 0 fully saturated rings. The quantitative estimate of drug-likeness (QED) is 0.453. The summed E-state index contributed by atoms with van der Waals surface area (Å²) in [5.74, 6) is 0.0224. The van der Waals surface area contributed by atoms with E-state index in [4.69, 9.17) is 0 Å². The second-order valence-electron chi connectivity index (χ2n) is 10.7. The Morgan fingerprint density at radius 1 is 1.15 bits per heavy atom. The third-order valence-corrected chi connectivity index (χ3v) is 7.06. The molecule has 5 nitrogen and oxygen atoms in total. The highest BCUT2D eigenvalue weighted by molar-refractivity contribution is 5.73. The number of aromatic nitrogens is 2. The van der Waals surface area contributed by atoms with Crippen LogP contribution in [0.5, 0.6) is 0 Å². The van der Waals surface area contributed by atoms with Crippen molar-refractivity contribution in [1.82, 2.24) is 20.8 Å². The molecule has 180 valence electrons. The lowest BCUT2D eigenvalue weighted by atomic mass is 9.74. The van der Waals surface area contributed by atoms with Crippen molar-refractivity contribution in [3.63, 3.8) is 0 Å². The van der Waals surface area contributed by atoms with Gasteiger partial charge in [0.05, 0.1) is 5.69 Å². The Bertz CT molecular complexity index is 1100. The number of aryl methyl sites for hydroxylation is 1. The average molecular weight is 459 g/mol. The zero-order valence-corrected chi connectivity index (χ0v) is 20.9. The lowest BCUT2D eigenvalue weighted by Gasteiger charge is -2.39. The molecule has 4 rings (SSSR count). The van der Waals surface area contributed by atoms with Crippen LogP contribution >= 0.6 is 0 Å². The highest BCUT2D eigenvalue weighted by atomic mass is 16.1. The lowest BCUT2D eigenvalue weighted by molar-refractivity contribution is -0.119. The van der Waals surface area contributed by atoms with E-state index in [0.717, 1.165) is 38.6 Å². The molecule has 5 heteroatoms. The first kappa shape index (κ1) is 24.2. The van der Waals surface area contributed by atoms with Crippen LogP contribution in [0.3, 0.4) is 0 Å². The number of nitrogens with one attached hydrogen (secondary N) is 3. The van der Waals surface area contributed by atoms with Gasteiger partial charge >= 0.3 is 0 Å². The standard InChI is InChI=1S/C29H38N4O/c1-21(34)32-26(17-22-9-6-5-7-10-22)14-16-30-29(15-13-27-23(19-29)20-31-33-27)25-12-8-11-24(18-25)28(2,3)4/h5-12,18,20,26,30H,13-17,19H2,1-4H3,(H,31,33)(H,32,34)/t26-,29?/m1/s1. The van der Waals surface area contributed by atoms with Crippen molar-refractivity contribution in [2.75, 3.05) is 6.54 Å². The topological polar surface area (TPSA) is 69.8 Å². The van der Waals surface area contributed by atoms with Gasteiger partial charge in [-0.25, -0.2) is 0 Å². The van der Waals surface area contributed by atoms with Gasteiger partial charge in [-0.05, 0) is 66.3 Å². The Labute approximate surface area is 203 Å². The van der Waals surface area contributed by atoms with Crippen LogP contribution in [-0.2, 0) is 35.0 Å². The first-order chi connectivity index (χ1) is 16.2. The van der Waals surface area contributed by atoms with Gasteiger partial charge in [0.25, 0.3) is 0 Å². The minimum absolute atomic E-state index is 0.0224. The van der Waals surface area contributed by atoms with Gasteiger partial charge < -0.3 is 10.6 Å². The van der Waals surface area contributed by atoms with Crippen LogP contribution in [0.1, 0.15) is 68.5 Å². The Kier molecular flexibility index (Phi) is 7.22. The SMILES string of the molecule is CC(=O)N[C@H](CCNC1(c2cccc(C(C)(C)C)c2)CCc2n[nH]cc2C1)Cc1ccccc1. The van der Waals surface area contributed by atoms with Gasteiger partial charge in [-0.2, -0.15) is 5.10 Å². The van der Waals surface area contributed by atoms with Gasteiger partial charge in [-0.15, -0.1) is 0 Å². The maximum atomic E-state index is 11.9. The fourth-order valence-electron chi connectivity index (χ4n) is 5.14. The van der Waals surface area contributed by atoms with Crippen molar-refractivity contribution in [2.45, 2.75) is 76.8 Å². The summed E-state index contributed by atoms with van der Waals surface area (Å²) in [5.41, 5.74) is 6.36. The van der Waals surface area contributed by atoms with Crippen LogP contribution < -0.4 is 10.6 Å². The molecule has 3 N–H and O–H groups in total. The normalized spacial score (nSPS) is 18.8. The monoisotopic (exact) mass is 458 g/mol. The van der Waals surface area contributed by atoms with Gasteiger partial charge in [-0.3, -0.25) is 9.89 Å². The molecule has 1 unspecified atom stereocenters. The summed E-state index contributed by atoms with van der Waals surface area (Å²) >= 11 is 0. The number of rotatable bonds is 8. The zero-order valence-electron chi connectivity index (χ0n) is 20.9. The zero-order chi connectivity index (χ0) is 24.2. The van der Waals surface area contributed by atoms with Crippen molar-refractivity contribution in [3.8, 4) is 0 Å². The smallest absolute Gasteiger partial charge is 0.217 e. The van der Waals surface area contributed by atoms with Crippen molar-refractivity contribution in [3.05, 3.63) is 88.7 Å². The van der Waals surface area contributed by atoms with Gasteiger partial charge in [0.1, 0.15) is 0 Å². The molecular weight excluding hydrogens is 420 g/mol. The number of carbonyl (C=O) groups is 1. The molecule has 0 spiro atoms. The maximum Gasteiger partial charge on any atom is 0.217 e. The first-order valence-corrected chi connectivity index (χ1v) is 12.4. The van der Waals surface area contributed by atoms with Crippen LogP contribution in [0.25, 0.3) is 0 Å². The van der Waals surface area contributed by atoms with E-state index in [1.165, 1.54) is 27.9 Å². The number of hydrogen-bond acceptors (Lipinski definition) is 3. The molecule has 1 aliphatic carbocycles. The summed E-state index contributed by atoms with van der Waals surface area (Å²) in [5, 5.41) is 14.6. The summed E-state index contributed by atoms with van der Waals surface area (Å²) in [6, 6.07) is 19.6. The van der Waals surface area contributed by atoms with E-state index >= 15 is 0 Å². The van der Waals surface area contributed by atoms with E-state index < -0.39 is 0 Å². The molecule has 1 amide bonds. The van der Waals surface area contributed by atoms with Gasteiger partial charge in [-0.1, -0.05) is 75.4 Å². The van der Waals surface area contributed by atoms with Crippen LogP contribution in [0, 0.1) is 0 Å². The van der Waals surface area contributed by atoms with Gasteiger partial charge in [0.15, 0.2) is 0 Å². The molecule has 0 saturated heterocycles. The minimum atomic E-state index is -0.147. The van der Waals surface area contributed by atoms with Crippen molar-refractivity contribution in [2.24, 2.45) is 0 Å². The number of benzene rings is 2. The van der Waals surface area contributed by atoms with Crippen LogP contribution in [0.4, 0.5) is 0 Å². The number of aromatic amines is 1. The number of nitrogens with zero attached hydrogens (tertiary/aromatic N) is 1. The third-order valence-electron chi connectivity index (χ3n) is 7.06. The number of carbonyl (C=O) groups excluding carboxylic acids is 1. The molecule has 34 heavy (non-hydrogen) atoms. The first-order valence-electron chi connectivity index (χ1n) is 12.4. The number of hydrogen-bond donors (Lipinski definition) is 3. The fraction of sp³-hybridized carbons (Fsp3) is 0.448. The summed E-state index contributed by atoms with van der Waals surface area (Å²) in [7, 11) is 0. The second kappa shape index (κ2) is 10.1. The van der Waals surface area contributed by atoms with Crippen molar-refractivity contribution < 1.29 is 4.79 Å². The Morgan fingerprint density at radius 3 is 2.68 bits per heavy atom. The predicted octanol–water partition coefficient (Wildman–Crippen LogP) is 4.82. The average Bonchev–Trinajstić information content (AvgIpc) is 3.26. The van der Waals surface area contributed by atoms with E-state index in [0.29, 0.717) is 0 Å². The van der Waals surface area contributed by atoms with E-state index in [2.05, 4.69) is 90.1 Å². The Morgan fingerprint density at radius 2 is 1.94 bits per heavy atom. The molecular formula is C29H38N4O. The molecule has 0 radical (unpaired) electrons. The number of amides is 1. The fourth-order valence-corrected chi connectivity index (χ4v) is 5.14. The molecule has 3 aromatic rings. The summed E-state index contributed by atoms with van der Waals surface area (Å²) in [6.45, 7) is 9.23. The highest BCUT2D eigenvalue weighted by Gasteiger charge is 2.37. The molecule has 1 heterocycles.